The molecule has 1 aromatic heterocycles. The third-order valence-corrected chi connectivity index (χ3v) is 2.88. The van der Waals surface area contributed by atoms with Crippen molar-refractivity contribution in [2.45, 2.75) is 12.3 Å². The lowest BCUT2D eigenvalue weighted by molar-refractivity contribution is -0.402. The molecule has 17 heavy (non-hydrogen) atoms. The molecule has 0 radical (unpaired) electrons. The van der Waals surface area contributed by atoms with Gasteiger partial charge in [-0.25, -0.2) is 0 Å². The van der Waals surface area contributed by atoms with Crippen molar-refractivity contribution in [3.05, 3.63) is 63.4 Å². The van der Waals surface area contributed by atoms with Gasteiger partial charge in [-0.3, -0.25) is 10.1 Å². The Bertz CT molecular complexity index is 533. The summed E-state index contributed by atoms with van der Waals surface area (Å²) in [7, 11) is 0. The van der Waals surface area contributed by atoms with Gasteiger partial charge < -0.3 is 4.42 Å². The van der Waals surface area contributed by atoms with Crippen LogP contribution in [0.15, 0.2) is 40.8 Å². The zero-order chi connectivity index (χ0) is 12.4. The third kappa shape index (κ3) is 2.47. The van der Waals surface area contributed by atoms with Crippen molar-refractivity contribution in [1.29, 1.82) is 0 Å². The second-order valence-corrected chi connectivity index (χ2v) is 4.14. The quantitative estimate of drug-likeness (QED) is 0.473. The smallest absolute Gasteiger partial charge is 0.404 e. The summed E-state index contributed by atoms with van der Waals surface area (Å²) in [6, 6.07) is 10.4. The number of rotatable bonds is 3. The first-order valence-electron chi connectivity index (χ1n) is 5.02. The maximum Gasteiger partial charge on any atom is 0.433 e. The molecule has 0 bridgehead atoms. The molecule has 4 nitrogen and oxygen atoms in total. The van der Waals surface area contributed by atoms with Gasteiger partial charge in [0.2, 0.25) is 0 Å². The van der Waals surface area contributed by atoms with Gasteiger partial charge in [0.1, 0.15) is 16.1 Å². The van der Waals surface area contributed by atoms with Gasteiger partial charge in [-0.2, -0.15) is 0 Å². The fourth-order valence-corrected chi connectivity index (χ4v) is 1.74. The van der Waals surface area contributed by atoms with Crippen molar-refractivity contribution in [3.63, 3.8) is 0 Å². The van der Waals surface area contributed by atoms with E-state index in [0.717, 1.165) is 11.1 Å². The topological polar surface area (TPSA) is 56.3 Å². The van der Waals surface area contributed by atoms with E-state index in [0.29, 0.717) is 5.76 Å². The van der Waals surface area contributed by atoms with E-state index >= 15 is 0 Å². The summed E-state index contributed by atoms with van der Waals surface area (Å²) < 4.78 is 5.06. The Morgan fingerprint density at radius 3 is 2.41 bits per heavy atom. The highest BCUT2D eigenvalue weighted by Crippen LogP contribution is 2.31. The highest BCUT2D eigenvalue weighted by atomic mass is 35.5. The SMILES string of the molecule is Cc1ccc(C(Cl)c2ccc([N+](=O)[O-])o2)cc1. The Kier molecular flexibility index (Phi) is 3.15. The molecule has 0 saturated heterocycles. The summed E-state index contributed by atoms with van der Waals surface area (Å²) in [6.07, 6.45) is 0. The molecule has 0 aliphatic heterocycles. The average molecular weight is 252 g/mol. The number of alkyl halides is 1. The molecule has 1 heterocycles. The largest absolute Gasteiger partial charge is 0.433 e. The molecule has 1 aromatic carbocycles. The van der Waals surface area contributed by atoms with E-state index in [1.54, 1.807) is 0 Å². The van der Waals surface area contributed by atoms with Crippen molar-refractivity contribution < 1.29 is 9.34 Å². The Morgan fingerprint density at radius 1 is 1.24 bits per heavy atom. The van der Waals surface area contributed by atoms with Crippen LogP contribution in [-0.2, 0) is 0 Å². The number of hydrogen-bond acceptors (Lipinski definition) is 3. The third-order valence-electron chi connectivity index (χ3n) is 2.41. The van der Waals surface area contributed by atoms with Crippen LogP contribution in [0.4, 0.5) is 5.88 Å². The van der Waals surface area contributed by atoms with Crippen molar-refractivity contribution in [3.8, 4) is 0 Å². The summed E-state index contributed by atoms with van der Waals surface area (Å²) in [5, 5.41) is 9.98. The summed E-state index contributed by atoms with van der Waals surface area (Å²) in [5.41, 5.74) is 1.98. The average Bonchev–Trinajstić information content (AvgIpc) is 2.78. The van der Waals surface area contributed by atoms with Gasteiger partial charge in [-0.1, -0.05) is 29.8 Å². The van der Waals surface area contributed by atoms with Gasteiger partial charge in [0.05, 0.1) is 6.07 Å². The molecule has 0 amide bonds. The fourth-order valence-electron chi connectivity index (χ4n) is 1.48. The number of nitrogens with zero attached hydrogens (tertiary/aromatic N) is 1. The first-order chi connectivity index (χ1) is 8.08. The molecule has 0 aliphatic rings. The first-order valence-corrected chi connectivity index (χ1v) is 5.46. The highest BCUT2D eigenvalue weighted by Gasteiger charge is 2.19. The molecule has 0 aliphatic carbocycles. The molecule has 0 fully saturated rings. The molecule has 1 atom stereocenters. The van der Waals surface area contributed by atoms with Crippen LogP contribution in [0.3, 0.4) is 0 Å². The van der Waals surface area contributed by atoms with Gasteiger partial charge in [0, 0.05) is 0 Å². The van der Waals surface area contributed by atoms with Gasteiger partial charge in [0.25, 0.3) is 0 Å². The molecule has 88 valence electrons. The zero-order valence-corrected chi connectivity index (χ0v) is 9.85. The predicted molar refractivity (Wildman–Crippen MR) is 64.2 cm³/mol. The molecular formula is C12H10ClNO3. The van der Waals surface area contributed by atoms with E-state index in [-0.39, 0.29) is 5.88 Å². The lowest BCUT2D eigenvalue weighted by Crippen LogP contribution is -1.91. The highest BCUT2D eigenvalue weighted by molar-refractivity contribution is 6.22. The molecular weight excluding hydrogens is 242 g/mol. The fraction of sp³-hybridized carbons (Fsp3) is 0.167. The number of hydrogen-bond donors (Lipinski definition) is 0. The zero-order valence-electron chi connectivity index (χ0n) is 9.09. The van der Waals surface area contributed by atoms with Crippen LogP contribution in [0, 0.1) is 17.0 Å². The summed E-state index contributed by atoms with van der Waals surface area (Å²) >= 11 is 6.19. The maximum atomic E-state index is 10.5. The second-order valence-electron chi connectivity index (χ2n) is 3.71. The standard InChI is InChI=1S/C12H10ClNO3/c1-8-2-4-9(5-3-8)12(13)10-6-7-11(17-10)14(15)16/h2-7,12H,1H3. The monoisotopic (exact) mass is 251 g/mol. The number of benzene rings is 1. The minimum atomic E-state index is -0.581. The van der Waals surface area contributed by atoms with Crippen LogP contribution in [0.5, 0.6) is 0 Å². The molecule has 1 unspecified atom stereocenters. The maximum absolute atomic E-state index is 10.5. The molecule has 2 rings (SSSR count). The summed E-state index contributed by atoms with van der Waals surface area (Å²) in [4.78, 5) is 9.91. The van der Waals surface area contributed by atoms with E-state index in [1.165, 1.54) is 12.1 Å². The van der Waals surface area contributed by atoms with Gasteiger partial charge in [0.15, 0.2) is 0 Å². The number of aryl methyl sites for hydroxylation is 1. The van der Waals surface area contributed by atoms with E-state index in [4.69, 9.17) is 16.0 Å². The normalized spacial score (nSPS) is 12.4. The van der Waals surface area contributed by atoms with Crippen molar-refractivity contribution in [2.75, 3.05) is 0 Å². The number of halogens is 1. The van der Waals surface area contributed by atoms with Crippen LogP contribution in [0.25, 0.3) is 0 Å². The van der Waals surface area contributed by atoms with Gasteiger partial charge in [-0.15, -0.1) is 11.6 Å². The van der Waals surface area contributed by atoms with E-state index in [1.807, 2.05) is 31.2 Å². The second kappa shape index (κ2) is 4.59. The number of nitro groups is 1. The lowest BCUT2D eigenvalue weighted by atomic mass is 10.1. The summed E-state index contributed by atoms with van der Waals surface area (Å²) in [5.74, 6) is 0.0833. The lowest BCUT2D eigenvalue weighted by Gasteiger charge is -2.06. The van der Waals surface area contributed by atoms with E-state index < -0.39 is 10.3 Å². The Labute approximate surface area is 103 Å². The van der Waals surface area contributed by atoms with Gasteiger partial charge in [-0.05, 0) is 18.6 Å². The van der Waals surface area contributed by atoms with Crippen LogP contribution < -0.4 is 0 Å². The molecule has 2 aromatic rings. The summed E-state index contributed by atoms with van der Waals surface area (Å²) in [6.45, 7) is 1.98. The van der Waals surface area contributed by atoms with Crippen molar-refractivity contribution >= 4 is 17.5 Å². The van der Waals surface area contributed by atoms with Crippen LogP contribution >= 0.6 is 11.6 Å². The van der Waals surface area contributed by atoms with Crippen LogP contribution in [-0.4, -0.2) is 4.92 Å². The molecule has 0 N–H and O–H groups in total. The van der Waals surface area contributed by atoms with Crippen molar-refractivity contribution in [1.82, 2.24) is 0 Å². The van der Waals surface area contributed by atoms with E-state index in [2.05, 4.69) is 0 Å². The molecule has 5 heteroatoms. The van der Waals surface area contributed by atoms with Crippen LogP contribution in [0.2, 0.25) is 0 Å². The van der Waals surface area contributed by atoms with E-state index in [9.17, 15) is 10.1 Å². The predicted octanol–water partition coefficient (Wildman–Crippen LogP) is 3.82. The van der Waals surface area contributed by atoms with Crippen molar-refractivity contribution in [2.24, 2.45) is 0 Å². The Balaban J connectivity index is 2.27. The Morgan fingerprint density at radius 2 is 1.88 bits per heavy atom. The first kappa shape index (κ1) is 11.7. The molecule has 0 spiro atoms. The minimum absolute atomic E-state index is 0.294. The minimum Gasteiger partial charge on any atom is -0.404 e. The molecule has 0 saturated carbocycles. The van der Waals surface area contributed by atoms with Gasteiger partial charge >= 0.3 is 5.88 Å². The van der Waals surface area contributed by atoms with Crippen LogP contribution in [0.1, 0.15) is 22.3 Å². The number of furan rings is 1. The Hall–Kier alpha value is -1.81.